The Morgan fingerprint density at radius 3 is 1.87 bits per heavy atom. The molecule has 0 spiro atoms. The lowest BCUT2D eigenvalue weighted by molar-refractivity contribution is 1.07. The van der Waals surface area contributed by atoms with Crippen LogP contribution in [0.15, 0.2) is 121 Å². The molecular weight excluding hydrogens is 506 g/mol. The Balaban J connectivity index is 1.44. The third kappa shape index (κ3) is 4.04. The minimum absolute atomic E-state index is 0.183. The first-order valence-corrected chi connectivity index (χ1v) is 13.5. The standard InChI is InChI=1S/C33H20ClN3S/c34-33-36-31(22-12-5-2-6-13-22)35-32(37-33)26-16-9-17-29-30(26)27-20-23(18-19-28(27)38-29)25-15-8-7-14-24(25)21-10-3-1-4-11-21/h1-20H. The van der Waals surface area contributed by atoms with Crippen LogP contribution in [0.25, 0.3) is 65.2 Å². The fourth-order valence-corrected chi connectivity index (χ4v) is 6.24. The summed E-state index contributed by atoms with van der Waals surface area (Å²) in [6.07, 6.45) is 0. The highest BCUT2D eigenvalue weighted by Gasteiger charge is 2.17. The molecule has 7 aromatic rings. The number of aromatic nitrogens is 3. The molecule has 5 aromatic carbocycles. The summed E-state index contributed by atoms with van der Waals surface area (Å²) in [5.74, 6) is 1.14. The van der Waals surface area contributed by atoms with E-state index in [1.807, 2.05) is 36.4 Å². The Bertz CT molecular complexity index is 1930. The van der Waals surface area contributed by atoms with E-state index in [4.69, 9.17) is 16.6 Å². The van der Waals surface area contributed by atoms with Crippen LogP contribution in [-0.4, -0.2) is 15.0 Å². The highest BCUT2D eigenvalue weighted by Crippen LogP contribution is 2.42. The van der Waals surface area contributed by atoms with Gasteiger partial charge in [0.2, 0.25) is 5.28 Å². The van der Waals surface area contributed by atoms with Gasteiger partial charge in [-0.1, -0.05) is 103 Å². The molecule has 0 fully saturated rings. The number of benzene rings is 5. The Labute approximate surface area is 229 Å². The van der Waals surface area contributed by atoms with Gasteiger partial charge < -0.3 is 0 Å². The predicted octanol–water partition coefficient (Wildman–Crippen LogP) is 9.56. The first-order chi connectivity index (χ1) is 18.7. The van der Waals surface area contributed by atoms with Gasteiger partial charge in [-0.05, 0) is 52.1 Å². The van der Waals surface area contributed by atoms with Crippen molar-refractivity contribution in [2.45, 2.75) is 0 Å². The molecule has 0 aliphatic heterocycles. The molecule has 7 rings (SSSR count). The average molecular weight is 526 g/mol. The summed E-state index contributed by atoms with van der Waals surface area (Å²) in [6.45, 7) is 0. The quantitative estimate of drug-likeness (QED) is 0.229. The number of thiophene rings is 1. The third-order valence-corrected chi connectivity index (χ3v) is 8.00. The molecule has 0 bridgehead atoms. The van der Waals surface area contributed by atoms with Crippen LogP contribution in [-0.2, 0) is 0 Å². The van der Waals surface area contributed by atoms with E-state index in [9.17, 15) is 0 Å². The molecule has 38 heavy (non-hydrogen) atoms. The summed E-state index contributed by atoms with van der Waals surface area (Å²) in [5, 5.41) is 2.49. The van der Waals surface area contributed by atoms with Gasteiger partial charge in [0.1, 0.15) is 0 Å². The molecule has 2 aromatic heterocycles. The Morgan fingerprint density at radius 1 is 0.474 bits per heavy atom. The maximum atomic E-state index is 6.41. The lowest BCUT2D eigenvalue weighted by atomic mass is 9.93. The molecule has 2 heterocycles. The van der Waals surface area contributed by atoms with Gasteiger partial charge in [0.15, 0.2) is 11.6 Å². The van der Waals surface area contributed by atoms with Crippen molar-refractivity contribution in [2.24, 2.45) is 0 Å². The van der Waals surface area contributed by atoms with Crippen LogP contribution < -0.4 is 0 Å². The zero-order valence-electron chi connectivity index (χ0n) is 20.2. The van der Waals surface area contributed by atoms with E-state index in [0.29, 0.717) is 11.6 Å². The fourth-order valence-electron chi connectivity index (χ4n) is 4.97. The van der Waals surface area contributed by atoms with Crippen molar-refractivity contribution in [1.82, 2.24) is 15.0 Å². The van der Waals surface area contributed by atoms with Gasteiger partial charge >= 0.3 is 0 Å². The number of nitrogens with zero attached hydrogens (tertiary/aromatic N) is 3. The fraction of sp³-hybridized carbons (Fsp3) is 0. The van der Waals surface area contributed by atoms with Crippen molar-refractivity contribution in [3.63, 3.8) is 0 Å². The SMILES string of the molecule is Clc1nc(-c2ccccc2)nc(-c2cccc3sc4ccc(-c5ccccc5-c5ccccc5)cc4c23)n1. The molecule has 0 atom stereocenters. The van der Waals surface area contributed by atoms with Gasteiger partial charge in [-0.2, -0.15) is 9.97 Å². The summed E-state index contributed by atoms with van der Waals surface area (Å²) in [5.41, 5.74) is 6.64. The third-order valence-electron chi connectivity index (χ3n) is 6.70. The maximum Gasteiger partial charge on any atom is 0.226 e. The summed E-state index contributed by atoms with van der Waals surface area (Å²) >= 11 is 8.19. The number of rotatable bonds is 4. The Kier molecular flexibility index (Phi) is 5.69. The average Bonchev–Trinajstić information content (AvgIpc) is 3.36. The molecule has 0 saturated carbocycles. The molecule has 0 N–H and O–H groups in total. The second kappa shape index (κ2) is 9.49. The van der Waals surface area contributed by atoms with E-state index >= 15 is 0 Å². The van der Waals surface area contributed by atoms with E-state index in [-0.39, 0.29) is 5.28 Å². The van der Waals surface area contributed by atoms with Crippen LogP contribution in [0.5, 0.6) is 0 Å². The molecule has 0 amide bonds. The van der Waals surface area contributed by atoms with Crippen molar-refractivity contribution >= 4 is 43.1 Å². The summed E-state index contributed by atoms with van der Waals surface area (Å²) in [7, 11) is 0. The second-order valence-corrected chi connectivity index (χ2v) is 10.4. The molecular formula is C33H20ClN3S. The van der Waals surface area contributed by atoms with E-state index in [1.54, 1.807) is 11.3 Å². The smallest absolute Gasteiger partial charge is 0.208 e. The number of hydrogen-bond donors (Lipinski definition) is 0. The van der Waals surface area contributed by atoms with Crippen molar-refractivity contribution in [1.29, 1.82) is 0 Å². The van der Waals surface area contributed by atoms with E-state index in [0.717, 1.165) is 16.5 Å². The summed E-state index contributed by atoms with van der Waals surface area (Å²) in [4.78, 5) is 13.8. The summed E-state index contributed by atoms with van der Waals surface area (Å²) < 4.78 is 2.40. The van der Waals surface area contributed by atoms with Gasteiger partial charge in [0.05, 0.1) is 0 Å². The second-order valence-electron chi connectivity index (χ2n) is 9.02. The normalized spacial score (nSPS) is 11.3. The van der Waals surface area contributed by atoms with Crippen LogP contribution in [0, 0.1) is 0 Å². The van der Waals surface area contributed by atoms with Gasteiger partial charge in [0.25, 0.3) is 0 Å². The first-order valence-electron chi connectivity index (χ1n) is 12.3. The molecule has 5 heteroatoms. The lowest BCUT2D eigenvalue weighted by Gasteiger charge is -2.11. The first kappa shape index (κ1) is 22.8. The largest absolute Gasteiger partial charge is 0.226 e. The minimum atomic E-state index is 0.183. The van der Waals surface area contributed by atoms with Crippen LogP contribution in [0.4, 0.5) is 0 Å². The van der Waals surface area contributed by atoms with Crippen LogP contribution in [0.2, 0.25) is 5.28 Å². The van der Waals surface area contributed by atoms with Gasteiger partial charge in [-0.3, -0.25) is 0 Å². The monoisotopic (exact) mass is 525 g/mol. The summed E-state index contributed by atoms with van der Waals surface area (Å²) in [6, 6.07) is 42.0. The molecule has 0 aliphatic rings. The molecule has 180 valence electrons. The zero-order chi connectivity index (χ0) is 25.5. The Morgan fingerprint density at radius 2 is 1.11 bits per heavy atom. The molecule has 0 unspecified atom stereocenters. The van der Waals surface area contributed by atoms with Crippen molar-refractivity contribution in [3.05, 3.63) is 127 Å². The number of hydrogen-bond acceptors (Lipinski definition) is 4. The van der Waals surface area contributed by atoms with E-state index < -0.39 is 0 Å². The predicted molar refractivity (Wildman–Crippen MR) is 159 cm³/mol. The molecule has 0 radical (unpaired) electrons. The van der Waals surface area contributed by atoms with E-state index in [2.05, 4.69) is 94.9 Å². The van der Waals surface area contributed by atoms with Gasteiger partial charge in [-0.25, -0.2) is 4.98 Å². The van der Waals surface area contributed by atoms with Crippen molar-refractivity contribution < 1.29 is 0 Å². The minimum Gasteiger partial charge on any atom is -0.208 e. The maximum absolute atomic E-state index is 6.41. The van der Waals surface area contributed by atoms with Crippen molar-refractivity contribution in [2.75, 3.05) is 0 Å². The topological polar surface area (TPSA) is 38.7 Å². The molecule has 0 saturated heterocycles. The zero-order valence-corrected chi connectivity index (χ0v) is 21.7. The van der Waals surface area contributed by atoms with E-state index in [1.165, 1.54) is 37.0 Å². The highest BCUT2D eigenvalue weighted by molar-refractivity contribution is 7.25. The Hall–Kier alpha value is -4.38. The van der Waals surface area contributed by atoms with Gasteiger partial charge in [0, 0.05) is 31.3 Å². The van der Waals surface area contributed by atoms with Crippen LogP contribution >= 0.6 is 22.9 Å². The highest BCUT2D eigenvalue weighted by atomic mass is 35.5. The number of fused-ring (bicyclic) bond motifs is 3. The lowest BCUT2D eigenvalue weighted by Crippen LogP contribution is -1.97. The van der Waals surface area contributed by atoms with Crippen molar-refractivity contribution in [3.8, 4) is 45.0 Å². The van der Waals surface area contributed by atoms with Crippen LogP contribution in [0.1, 0.15) is 0 Å². The van der Waals surface area contributed by atoms with Crippen LogP contribution in [0.3, 0.4) is 0 Å². The molecule has 3 nitrogen and oxygen atoms in total. The van der Waals surface area contributed by atoms with Gasteiger partial charge in [-0.15, -0.1) is 11.3 Å². The number of halogens is 1. The molecule has 0 aliphatic carbocycles.